The third kappa shape index (κ3) is 9.12. The zero-order valence-corrected chi connectivity index (χ0v) is 14.7. The first-order valence-electron chi connectivity index (χ1n) is 7.42. The molecule has 0 radical (unpaired) electrons. The van der Waals surface area contributed by atoms with Gasteiger partial charge in [0.2, 0.25) is 11.8 Å². The molecular formula is C16H24ClN3O4. The summed E-state index contributed by atoms with van der Waals surface area (Å²) in [5.74, 6) is -0.794. The highest BCUT2D eigenvalue weighted by molar-refractivity contribution is 5.90. The number of carbonyl (C=O) groups excluding carboxylic acids is 3. The predicted molar refractivity (Wildman–Crippen MR) is 94.2 cm³/mol. The van der Waals surface area contributed by atoms with Gasteiger partial charge in [-0.3, -0.25) is 14.4 Å². The predicted octanol–water partition coefficient (Wildman–Crippen LogP) is 0.878. The van der Waals surface area contributed by atoms with E-state index in [9.17, 15) is 14.4 Å². The van der Waals surface area contributed by atoms with Crippen molar-refractivity contribution in [3.63, 3.8) is 0 Å². The quantitative estimate of drug-likeness (QED) is 0.450. The van der Waals surface area contributed by atoms with Gasteiger partial charge >= 0.3 is 5.97 Å². The van der Waals surface area contributed by atoms with Crippen LogP contribution in [0.4, 0.5) is 5.69 Å². The largest absolute Gasteiger partial charge is 0.468 e. The summed E-state index contributed by atoms with van der Waals surface area (Å²) in [6, 6.07) is 7.03. The Morgan fingerprint density at radius 3 is 2.33 bits per heavy atom. The highest BCUT2D eigenvalue weighted by Crippen LogP contribution is 2.10. The lowest BCUT2D eigenvalue weighted by molar-refractivity contribution is -0.141. The number of benzene rings is 1. The molecule has 1 aromatic carbocycles. The lowest BCUT2D eigenvalue weighted by Gasteiger charge is -2.07. The fraction of sp³-hybridized carbons (Fsp3) is 0.438. The topological polar surface area (TPSA) is 96.5 Å². The van der Waals surface area contributed by atoms with Crippen molar-refractivity contribution >= 4 is 35.9 Å². The number of hydrogen-bond donors (Lipinski definition) is 3. The Morgan fingerprint density at radius 2 is 1.75 bits per heavy atom. The number of ether oxygens (including phenoxy) is 1. The molecule has 1 aromatic rings. The number of esters is 1. The van der Waals surface area contributed by atoms with Crippen molar-refractivity contribution in [1.29, 1.82) is 0 Å². The highest BCUT2D eigenvalue weighted by Gasteiger charge is 2.07. The molecule has 1 rings (SSSR count). The van der Waals surface area contributed by atoms with Crippen molar-refractivity contribution in [3.8, 4) is 0 Å². The number of methoxy groups -OCH3 is 1. The molecule has 8 heteroatoms. The van der Waals surface area contributed by atoms with E-state index >= 15 is 0 Å². The van der Waals surface area contributed by atoms with Gasteiger partial charge in [0, 0.05) is 12.1 Å². The first-order valence-corrected chi connectivity index (χ1v) is 7.42. The molecular weight excluding hydrogens is 334 g/mol. The summed E-state index contributed by atoms with van der Waals surface area (Å²) < 4.78 is 4.44. The Morgan fingerprint density at radius 1 is 1.08 bits per heavy atom. The maximum absolute atomic E-state index is 11.7. The van der Waals surface area contributed by atoms with E-state index in [-0.39, 0.29) is 37.2 Å². The molecule has 134 valence electrons. The number of rotatable bonds is 9. The van der Waals surface area contributed by atoms with Crippen LogP contribution in [0.1, 0.15) is 18.4 Å². The van der Waals surface area contributed by atoms with Crippen LogP contribution in [0, 0.1) is 0 Å². The maximum atomic E-state index is 11.7. The summed E-state index contributed by atoms with van der Waals surface area (Å²) in [6.45, 7) is 0.656. The SMILES string of the molecule is CNCCCC(=O)Nc1ccc(CC(=O)NCC(=O)OC)cc1.Cl. The zero-order valence-electron chi connectivity index (χ0n) is 13.9. The van der Waals surface area contributed by atoms with Gasteiger partial charge in [0.15, 0.2) is 0 Å². The van der Waals surface area contributed by atoms with Crippen molar-refractivity contribution in [2.75, 3.05) is 32.6 Å². The molecule has 0 saturated heterocycles. The van der Waals surface area contributed by atoms with E-state index in [1.165, 1.54) is 7.11 Å². The maximum Gasteiger partial charge on any atom is 0.325 e. The van der Waals surface area contributed by atoms with Crippen molar-refractivity contribution < 1.29 is 19.1 Å². The molecule has 2 amide bonds. The minimum absolute atomic E-state index is 0. The second-order valence-corrected chi connectivity index (χ2v) is 4.98. The number of carbonyl (C=O) groups is 3. The molecule has 0 aliphatic carbocycles. The molecule has 0 spiro atoms. The Balaban J connectivity index is 0.00000529. The van der Waals surface area contributed by atoms with E-state index in [1.807, 2.05) is 7.05 Å². The summed E-state index contributed by atoms with van der Waals surface area (Å²) in [4.78, 5) is 34.3. The molecule has 0 saturated carbocycles. The number of anilines is 1. The molecule has 0 bridgehead atoms. The van der Waals surface area contributed by atoms with Crippen LogP contribution >= 0.6 is 12.4 Å². The number of hydrogen-bond acceptors (Lipinski definition) is 5. The van der Waals surface area contributed by atoms with Gasteiger partial charge in [-0.25, -0.2) is 0 Å². The Bertz CT molecular complexity index is 535. The summed E-state index contributed by atoms with van der Waals surface area (Å²) in [6.07, 6.45) is 1.40. The second-order valence-electron chi connectivity index (χ2n) is 4.98. The average Bonchev–Trinajstić information content (AvgIpc) is 2.54. The molecule has 0 aromatic heterocycles. The van der Waals surface area contributed by atoms with E-state index in [4.69, 9.17) is 0 Å². The molecule has 7 nitrogen and oxygen atoms in total. The Kier molecular flexibility index (Phi) is 11.2. The van der Waals surface area contributed by atoms with Gasteiger partial charge in [-0.2, -0.15) is 0 Å². The Labute approximate surface area is 147 Å². The van der Waals surface area contributed by atoms with E-state index in [0.717, 1.165) is 18.5 Å². The van der Waals surface area contributed by atoms with Gasteiger partial charge in [-0.1, -0.05) is 12.1 Å². The smallest absolute Gasteiger partial charge is 0.325 e. The molecule has 3 N–H and O–H groups in total. The standard InChI is InChI=1S/C16H23N3O4.ClH/c1-17-9-3-4-14(20)19-13-7-5-12(6-8-13)10-15(21)18-11-16(22)23-2;/h5-8,17H,3-4,9-11H2,1-2H3,(H,18,21)(H,19,20);1H. The average molecular weight is 358 g/mol. The molecule has 0 unspecified atom stereocenters. The van der Waals surface area contributed by atoms with Crippen molar-refractivity contribution in [1.82, 2.24) is 10.6 Å². The molecule has 0 atom stereocenters. The van der Waals surface area contributed by atoms with E-state index in [0.29, 0.717) is 12.1 Å². The van der Waals surface area contributed by atoms with Gasteiger partial charge in [-0.15, -0.1) is 12.4 Å². The summed E-state index contributed by atoms with van der Waals surface area (Å²) in [7, 11) is 3.11. The van der Waals surface area contributed by atoms with Crippen LogP contribution in [-0.2, 0) is 25.5 Å². The van der Waals surface area contributed by atoms with Crippen LogP contribution in [-0.4, -0.2) is 45.0 Å². The van der Waals surface area contributed by atoms with Crippen molar-refractivity contribution in [2.24, 2.45) is 0 Å². The van der Waals surface area contributed by atoms with Crippen LogP contribution in [0.2, 0.25) is 0 Å². The van der Waals surface area contributed by atoms with Crippen LogP contribution in [0.5, 0.6) is 0 Å². The minimum Gasteiger partial charge on any atom is -0.468 e. The first kappa shape index (κ1) is 21.9. The molecule has 0 heterocycles. The monoisotopic (exact) mass is 357 g/mol. The van der Waals surface area contributed by atoms with Gasteiger partial charge in [0.25, 0.3) is 0 Å². The van der Waals surface area contributed by atoms with Gasteiger partial charge in [0.05, 0.1) is 13.5 Å². The van der Waals surface area contributed by atoms with E-state index in [1.54, 1.807) is 24.3 Å². The zero-order chi connectivity index (χ0) is 17.1. The van der Waals surface area contributed by atoms with Crippen molar-refractivity contribution in [2.45, 2.75) is 19.3 Å². The molecule has 0 aliphatic rings. The third-order valence-corrected chi connectivity index (χ3v) is 3.09. The number of nitrogens with one attached hydrogen (secondary N) is 3. The summed E-state index contributed by atoms with van der Waals surface area (Å²) in [5, 5.41) is 8.26. The van der Waals surface area contributed by atoms with Crippen LogP contribution in [0.3, 0.4) is 0 Å². The van der Waals surface area contributed by atoms with E-state index < -0.39 is 5.97 Å². The normalized spacial score (nSPS) is 9.58. The lowest BCUT2D eigenvalue weighted by atomic mass is 10.1. The van der Waals surface area contributed by atoms with Crippen LogP contribution in [0.15, 0.2) is 24.3 Å². The molecule has 0 fully saturated rings. The lowest BCUT2D eigenvalue weighted by Crippen LogP contribution is -2.31. The van der Waals surface area contributed by atoms with Crippen molar-refractivity contribution in [3.05, 3.63) is 29.8 Å². The molecule has 0 aliphatic heterocycles. The molecule has 24 heavy (non-hydrogen) atoms. The highest BCUT2D eigenvalue weighted by atomic mass is 35.5. The number of halogens is 1. The van der Waals surface area contributed by atoms with E-state index in [2.05, 4.69) is 20.7 Å². The van der Waals surface area contributed by atoms with Crippen LogP contribution < -0.4 is 16.0 Å². The van der Waals surface area contributed by atoms with Gasteiger partial charge in [0.1, 0.15) is 6.54 Å². The second kappa shape index (κ2) is 12.3. The summed E-state index contributed by atoms with van der Waals surface area (Å²) in [5.41, 5.74) is 1.48. The number of amides is 2. The van der Waals surface area contributed by atoms with Gasteiger partial charge in [-0.05, 0) is 37.7 Å². The summed E-state index contributed by atoms with van der Waals surface area (Å²) >= 11 is 0. The third-order valence-electron chi connectivity index (χ3n) is 3.09. The Hall–Kier alpha value is -2.12. The fourth-order valence-electron chi connectivity index (χ4n) is 1.85. The fourth-order valence-corrected chi connectivity index (χ4v) is 1.85. The first-order chi connectivity index (χ1) is 11.0. The van der Waals surface area contributed by atoms with Gasteiger partial charge < -0.3 is 20.7 Å². The van der Waals surface area contributed by atoms with Crippen LogP contribution in [0.25, 0.3) is 0 Å². The minimum atomic E-state index is -0.491.